The van der Waals surface area contributed by atoms with Crippen LogP contribution < -0.4 is 0 Å². The molecule has 29 heavy (non-hydrogen) atoms. The second-order valence-electron chi connectivity index (χ2n) is 7.28. The van der Waals surface area contributed by atoms with E-state index < -0.39 is 10.2 Å². The first kappa shape index (κ1) is 18.0. The van der Waals surface area contributed by atoms with Crippen LogP contribution in [0.4, 0.5) is 0 Å². The molecule has 1 nitrogen and oxygen atoms in total. The molecule has 1 fully saturated rings. The normalized spacial score (nSPS) is 16.8. The van der Waals surface area contributed by atoms with Crippen molar-refractivity contribution in [1.82, 2.24) is 0 Å². The monoisotopic (exact) mass is 392 g/mol. The third-order valence-corrected chi connectivity index (χ3v) is 7.43. The molecule has 0 saturated carbocycles. The minimum absolute atomic E-state index is 0.183. The lowest BCUT2D eigenvalue weighted by molar-refractivity contribution is -0.117. The standard InChI is InChI=1S/C27H20OS/c28-25-26(21-13-5-1-6-14-21,22-15-7-2-8-16-22)27(29-25,23-17-9-3-10-18-23)24-19-11-4-12-20-24/h1-20H. The molecule has 0 aromatic heterocycles. The highest BCUT2D eigenvalue weighted by atomic mass is 32.2. The van der Waals surface area contributed by atoms with Gasteiger partial charge in [-0.25, -0.2) is 0 Å². The molecule has 0 radical (unpaired) electrons. The van der Waals surface area contributed by atoms with Crippen molar-refractivity contribution in [3.05, 3.63) is 144 Å². The van der Waals surface area contributed by atoms with E-state index in [0.29, 0.717) is 0 Å². The summed E-state index contributed by atoms with van der Waals surface area (Å²) in [5.41, 5.74) is 3.56. The van der Waals surface area contributed by atoms with E-state index in [2.05, 4.69) is 72.8 Å². The molecule has 0 amide bonds. The van der Waals surface area contributed by atoms with Crippen LogP contribution in [0.15, 0.2) is 121 Å². The molecule has 1 heterocycles. The molecule has 0 bridgehead atoms. The first-order chi connectivity index (χ1) is 14.3. The molecular formula is C27H20OS. The van der Waals surface area contributed by atoms with Gasteiger partial charge in [0.05, 0.1) is 4.75 Å². The van der Waals surface area contributed by atoms with Crippen LogP contribution in [0.2, 0.25) is 0 Å². The lowest BCUT2D eigenvalue weighted by Crippen LogP contribution is -2.62. The topological polar surface area (TPSA) is 17.1 Å². The SMILES string of the molecule is O=C1SC(c2ccccc2)(c2ccccc2)C1(c1ccccc1)c1ccccc1. The minimum Gasteiger partial charge on any atom is -0.286 e. The molecule has 1 aliphatic rings. The van der Waals surface area contributed by atoms with Gasteiger partial charge in [-0.3, -0.25) is 4.79 Å². The van der Waals surface area contributed by atoms with Crippen LogP contribution in [0.25, 0.3) is 0 Å². The number of thioether (sulfide) groups is 1. The highest BCUT2D eigenvalue weighted by Crippen LogP contribution is 2.69. The van der Waals surface area contributed by atoms with Gasteiger partial charge in [0.2, 0.25) is 5.12 Å². The molecule has 2 heteroatoms. The fraction of sp³-hybridized carbons (Fsp3) is 0.0741. The molecule has 4 aromatic rings. The van der Waals surface area contributed by atoms with Crippen LogP contribution in [0.1, 0.15) is 22.3 Å². The van der Waals surface area contributed by atoms with Crippen LogP contribution in [-0.4, -0.2) is 5.12 Å². The first-order valence-electron chi connectivity index (χ1n) is 9.76. The Morgan fingerprint density at radius 1 is 0.448 bits per heavy atom. The molecule has 0 N–H and O–H groups in total. The fourth-order valence-corrected chi connectivity index (χ4v) is 6.29. The minimum atomic E-state index is -0.789. The van der Waals surface area contributed by atoms with E-state index in [1.807, 2.05) is 48.5 Å². The lowest BCUT2D eigenvalue weighted by Gasteiger charge is -2.58. The zero-order chi connectivity index (χ0) is 19.7. The van der Waals surface area contributed by atoms with Gasteiger partial charge in [0.15, 0.2) is 0 Å². The molecule has 0 unspecified atom stereocenters. The predicted molar refractivity (Wildman–Crippen MR) is 120 cm³/mol. The Kier molecular flexibility index (Phi) is 4.37. The zero-order valence-corrected chi connectivity index (χ0v) is 16.7. The maximum Gasteiger partial charge on any atom is 0.207 e. The number of benzene rings is 4. The molecule has 1 saturated heterocycles. The van der Waals surface area contributed by atoms with Crippen LogP contribution in [-0.2, 0) is 15.0 Å². The highest BCUT2D eigenvalue weighted by Gasteiger charge is 2.70. The van der Waals surface area contributed by atoms with Crippen LogP contribution in [0, 0.1) is 0 Å². The van der Waals surface area contributed by atoms with Gasteiger partial charge in [0.25, 0.3) is 0 Å². The van der Waals surface area contributed by atoms with E-state index in [1.54, 1.807) is 0 Å². The van der Waals surface area contributed by atoms with Crippen molar-refractivity contribution >= 4 is 16.9 Å². The summed E-state index contributed by atoms with van der Waals surface area (Å²) in [6, 6.07) is 41.3. The Morgan fingerprint density at radius 3 is 1.07 bits per heavy atom. The number of hydrogen-bond acceptors (Lipinski definition) is 2. The Labute approximate surface area is 175 Å². The summed E-state index contributed by atoms with van der Waals surface area (Å²) in [5.74, 6) is 0. The summed E-state index contributed by atoms with van der Waals surface area (Å²) >= 11 is 1.44. The Balaban J connectivity index is 1.91. The second kappa shape index (κ2) is 7.06. The van der Waals surface area contributed by atoms with Crippen LogP contribution in [0.3, 0.4) is 0 Å². The summed E-state index contributed by atoms with van der Waals surface area (Å²) in [6.07, 6.45) is 0. The van der Waals surface area contributed by atoms with Gasteiger partial charge in [0, 0.05) is 0 Å². The van der Waals surface area contributed by atoms with Crippen molar-refractivity contribution < 1.29 is 4.79 Å². The van der Waals surface area contributed by atoms with E-state index in [-0.39, 0.29) is 5.12 Å². The van der Waals surface area contributed by atoms with Crippen molar-refractivity contribution in [1.29, 1.82) is 0 Å². The third-order valence-electron chi connectivity index (χ3n) is 5.85. The smallest absolute Gasteiger partial charge is 0.207 e. The number of hydrogen-bond donors (Lipinski definition) is 0. The lowest BCUT2D eigenvalue weighted by atomic mass is 9.60. The fourth-order valence-electron chi connectivity index (χ4n) is 4.64. The van der Waals surface area contributed by atoms with Gasteiger partial charge in [0.1, 0.15) is 5.41 Å². The summed E-state index contributed by atoms with van der Waals surface area (Å²) < 4.78 is -0.532. The Hall–Kier alpha value is -3.10. The molecule has 5 rings (SSSR count). The van der Waals surface area contributed by atoms with Crippen molar-refractivity contribution in [2.24, 2.45) is 0 Å². The number of carbonyl (C=O) groups is 1. The summed E-state index contributed by atoms with van der Waals surface area (Å²) in [6.45, 7) is 0. The average Bonchev–Trinajstić information content (AvgIpc) is 2.80. The van der Waals surface area contributed by atoms with Crippen molar-refractivity contribution in [3.8, 4) is 0 Å². The first-order valence-corrected chi connectivity index (χ1v) is 10.6. The van der Waals surface area contributed by atoms with Gasteiger partial charge >= 0.3 is 0 Å². The van der Waals surface area contributed by atoms with Gasteiger partial charge < -0.3 is 0 Å². The molecule has 4 aromatic carbocycles. The number of rotatable bonds is 4. The molecule has 140 valence electrons. The van der Waals surface area contributed by atoms with Crippen LogP contribution in [0.5, 0.6) is 0 Å². The molecule has 0 spiro atoms. The highest BCUT2D eigenvalue weighted by molar-refractivity contribution is 8.17. The van der Waals surface area contributed by atoms with Gasteiger partial charge in [-0.15, -0.1) is 0 Å². The Bertz CT molecular complexity index is 1040. The zero-order valence-electron chi connectivity index (χ0n) is 15.9. The second-order valence-corrected chi connectivity index (χ2v) is 8.47. The summed E-state index contributed by atoms with van der Waals surface area (Å²) in [7, 11) is 0. The van der Waals surface area contributed by atoms with E-state index in [0.717, 1.165) is 22.3 Å². The number of carbonyl (C=O) groups excluding carboxylic acids is 1. The maximum absolute atomic E-state index is 13.7. The van der Waals surface area contributed by atoms with E-state index in [1.165, 1.54) is 11.8 Å². The van der Waals surface area contributed by atoms with Crippen LogP contribution >= 0.6 is 11.8 Å². The van der Waals surface area contributed by atoms with E-state index >= 15 is 0 Å². The van der Waals surface area contributed by atoms with Crippen molar-refractivity contribution in [3.63, 3.8) is 0 Å². The molecule has 0 aliphatic carbocycles. The molecule has 0 atom stereocenters. The predicted octanol–water partition coefficient (Wildman–Crippen LogP) is 6.19. The molecule has 1 aliphatic heterocycles. The van der Waals surface area contributed by atoms with Gasteiger partial charge in [-0.05, 0) is 22.3 Å². The Morgan fingerprint density at radius 2 is 0.759 bits per heavy atom. The van der Waals surface area contributed by atoms with Crippen molar-refractivity contribution in [2.45, 2.75) is 10.2 Å². The van der Waals surface area contributed by atoms with E-state index in [9.17, 15) is 4.79 Å². The average molecular weight is 393 g/mol. The summed E-state index contributed by atoms with van der Waals surface area (Å²) in [4.78, 5) is 13.7. The third kappa shape index (κ3) is 2.46. The van der Waals surface area contributed by atoms with E-state index in [4.69, 9.17) is 0 Å². The van der Waals surface area contributed by atoms with Gasteiger partial charge in [-0.2, -0.15) is 0 Å². The quantitative estimate of drug-likeness (QED) is 0.412. The molecular weight excluding hydrogens is 372 g/mol. The van der Waals surface area contributed by atoms with Crippen molar-refractivity contribution in [2.75, 3.05) is 0 Å². The summed E-state index contributed by atoms with van der Waals surface area (Å²) in [5, 5.41) is 0.183. The maximum atomic E-state index is 13.7. The van der Waals surface area contributed by atoms with Gasteiger partial charge in [-0.1, -0.05) is 133 Å². The largest absolute Gasteiger partial charge is 0.286 e.